The summed E-state index contributed by atoms with van der Waals surface area (Å²) in [5.41, 5.74) is 3.01. The quantitative estimate of drug-likeness (QED) is 0.860. The maximum Gasteiger partial charge on any atom is 0.255 e. The van der Waals surface area contributed by atoms with Crippen LogP contribution in [0.5, 0.6) is 0 Å². The van der Waals surface area contributed by atoms with Crippen molar-refractivity contribution >= 4 is 11.8 Å². The van der Waals surface area contributed by atoms with Crippen LogP contribution in [0.25, 0.3) is 0 Å². The number of hydrogen-bond donors (Lipinski definition) is 0. The number of hydrogen-bond acceptors (Lipinski definition) is 3. The first kappa shape index (κ1) is 17.1. The van der Waals surface area contributed by atoms with Gasteiger partial charge < -0.3 is 9.80 Å². The molecule has 0 unspecified atom stereocenters. The molecule has 1 aliphatic heterocycles. The summed E-state index contributed by atoms with van der Waals surface area (Å²) in [5.74, 6) is 0.148. The molecule has 3 rings (SSSR count). The molecule has 0 radical (unpaired) electrons. The van der Waals surface area contributed by atoms with Crippen molar-refractivity contribution in [3.63, 3.8) is 0 Å². The standard InChI is InChI=1S/C20H23N3O2/c1-16-4-2-5-17(14-16)7-8-19(24)22-10-12-23(13-11-22)20(25)18-6-3-9-21-15-18/h2-6,9,14-15H,7-8,10-13H2,1H3. The van der Waals surface area contributed by atoms with E-state index >= 15 is 0 Å². The average molecular weight is 337 g/mol. The van der Waals surface area contributed by atoms with Crippen molar-refractivity contribution in [2.24, 2.45) is 0 Å². The molecule has 0 bridgehead atoms. The lowest BCUT2D eigenvalue weighted by Crippen LogP contribution is -2.50. The van der Waals surface area contributed by atoms with Gasteiger partial charge in [0, 0.05) is 45.0 Å². The molecule has 1 aromatic carbocycles. The summed E-state index contributed by atoms with van der Waals surface area (Å²) >= 11 is 0. The second kappa shape index (κ2) is 7.92. The van der Waals surface area contributed by atoms with E-state index in [1.807, 2.05) is 11.0 Å². The van der Waals surface area contributed by atoms with E-state index in [2.05, 4.69) is 30.1 Å². The molecule has 2 aromatic rings. The number of carbonyl (C=O) groups is 2. The zero-order chi connectivity index (χ0) is 17.6. The van der Waals surface area contributed by atoms with Crippen LogP contribution >= 0.6 is 0 Å². The molecule has 2 heterocycles. The summed E-state index contributed by atoms with van der Waals surface area (Å²) in [4.78, 5) is 32.5. The van der Waals surface area contributed by atoms with Gasteiger partial charge in [0.05, 0.1) is 5.56 Å². The molecule has 0 N–H and O–H groups in total. The molecule has 0 atom stereocenters. The Kier molecular flexibility index (Phi) is 5.43. The van der Waals surface area contributed by atoms with Crippen molar-refractivity contribution in [1.82, 2.24) is 14.8 Å². The van der Waals surface area contributed by atoms with Crippen LogP contribution in [0.15, 0.2) is 48.8 Å². The Morgan fingerprint density at radius 2 is 1.80 bits per heavy atom. The first-order valence-electron chi connectivity index (χ1n) is 8.66. The van der Waals surface area contributed by atoms with Crippen molar-refractivity contribution < 1.29 is 9.59 Å². The second-order valence-corrected chi connectivity index (χ2v) is 6.40. The third kappa shape index (κ3) is 4.44. The van der Waals surface area contributed by atoms with E-state index < -0.39 is 0 Å². The van der Waals surface area contributed by atoms with Crippen molar-refractivity contribution in [1.29, 1.82) is 0 Å². The molecule has 1 aromatic heterocycles. The molecule has 0 spiro atoms. The van der Waals surface area contributed by atoms with Crippen LogP contribution in [0.3, 0.4) is 0 Å². The summed E-state index contributed by atoms with van der Waals surface area (Å²) < 4.78 is 0. The van der Waals surface area contributed by atoms with Crippen molar-refractivity contribution in [2.75, 3.05) is 26.2 Å². The van der Waals surface area contributed by atoms with Gasteiger partial charge in [0.2, 0.25) is 5.91 Å². The van der Waals surface area contributed by atoms with Gasteiger partial charge in [-0.25, -0.2) is 0 Å². The van der Waals surface area contributed by atoms with Crippen LogP contribution in [0.1, 0.15) is 27.9 Å². The zero-order valence-electron chi connectivity index (χ0n) is 14.5. The fourth-order valence-electron chi connectivity index (χ4n) is 3.11. The summed E-state index contributed by atoms with van der Waals surface area (Å²) in [6.45, 7) is 4.40. The highest BCUT2D eigenvalue weighted by Crippen LogP contribution is 2.11. The van der Waals surface area contributed by atoms with Gasteiger partial charge in [-0.1, -0.05) is 29.8 Å². The highest BCUT2D eigenvalue weighted by atomic mass is 16.2. The van der Waals surface area contributed by atoms with Crippen LogP contribution in [-0.4, -0.2) is 52.8 Å². The number of pyridine rings is 1. The van der Waals surface area contributed by atoms with Crippen LogP contribution in [0, 0.1) is 6.92 Å². The Hall–Kier alpha value is -2.69. The number of benzene rings is 1. The van der Waals surface area contributed by atoms with Crippen LogP contribution in [0.2, 0.25) is 0 Å². The third-order valence-corrected chi connectivity index (χ3v) is 4.54. The second-order valence-electron chi connectivity index (χ2n) is 6.40. The Morgan fingerprint density at radius 3 is 2.48 bits per heavy atom. The first-order valence-corrected chi connectivity index (χ1v) is 8.66. The van der Waals surface area contributed by atoms with Crippen LogP contribution in [-0.2, 0) is 11.2 Å². The number of amides is 2. The summed E-state index contributed by atoms with van der Waals surface area (Å²) in [7, 11) is 0. The highest BCUT2D eigenvalue weighted by molar-refractivity contribution is 5.94. The van der Waals surface area contributed by atoms with Gasteiger partial charge >= 0.3 is 0 Å². The minimum absolute atomic E-state index is 0.0139. The van der Waals surface area contributed by atoms with Gasteiger partial charge in [-0.2, -0.15) is 0 Å². The van der Waals surface area contributed by atoms with E-state index in [-0.39, 0.29) is 11.8 Å². The minimum atomic E-state index is -0.0139. The molecular formula is C20H23N3O2. The van der Waals surface area contributed by atoms with E-state index in [9.17, 15) is 9.59 Å². The molecule has 2 amide bonds. The molecular weight excluding hydrogens is 314 g/mol. The molecule has 0 aliphatic carbocycles. The largest absolute Gasteiger partial charge is 0.339 e. The number of carbonyl (C=O) groups excluding carboxylic acids is 2. The summed E-state index contributed by atoms with van der Waals surface area (Å²) in [5, 5.41) is 0. The molecule has 130 valence electrons. The maximum atomic E-state index is 12.4. The molecule has 5 heteroatoms. The van der Waals surface area contributed by atoms with E-state index in [0.717, 1.165) is 6.42 Å². The van der Waals surface area contributed by atoms with Gasteiger partial charge in [-0.15, -0.1) is 0 Å². The van der Waals surface area contributed by atoms with Gasteiger partial charge in [0.1, 0.15) is 0 Å². The zero-order valence-corrected chi connectivity index (χ0v) is 14.5. The van der Waals surface area contributed by atoms with Crippen LogP contribution < -0.4 is 0 Å². The highest BCUT2D eigenvalue weighted by Gasteiger charge is 2.24. The Bertz CT molecular complexity index is 738. The van der Waals surface area contributed by atoms with Crippen molar-refractivity contribution in [2.45, 2.75) is 19.8 Å². The average Bonchev–Trinajstić information content (AvgIpc) is 2.66. The molecule has 1 saturated heterocycles. The number of nitrogens with zero attached hydrogens (tertiary/aromatic N) is 3. The normalized spacial score (nSPS) is 14.4. The van der Waals surface area contributed by atoms with Gasteiger partial charge in [-0.3, -0.25) is 14.6 Å². The molecule has 1 fully saturated rings. The number of piperazine rings is 1. The molecule has 0 saturated carbocycles. The van der Waals surface area contributed by atoms with Crippen LogP contribution in [0.4, 0.5) is 0 Å². The fourth-order valence-corrected chi connectivity index (χ4v) is 3.11. The minimum Gasteiger partial charge on any atom is -0.339 e. The van der Waals surface area contributed by atoms with Gasteiger partial charge in [0.25, 0.3) is 5.91 Å². The topological polar surface area (TPSA) is 53.5 Å². The maximum absolute atomic E-state index is 12.4. The summed E-state index contributed by atoms with van der Waals surface area (Å²) in [6, 6.07) is 11.8. The van der Waals surface area contributed by atoms with E-state index in [0.29, 0.717) is 38.2 Å². The number of aryl methyl sites for hydroxylation is 2. The third-order valence-electron chi connectivity index (χ3n) is 4.54. The van der Waals surface area contributed by atoms with Crippen molar-refractivity contribution in [3.05, 3.63) is 65.5 Å². The van der Waals surface area contributed by atoms with Gasteiger partial charge in [0.15, 0.2) is 0 Å². The predicted molar refractivity (Wildman–Crippen MR) is 96.2 cm³/mol. The SMILES string of the molecule is Cc1cccc(CCC(=O)N2CCN(C(=O)c3cccnc3)CC2)c1. The van der Waals surface area contributed by atoms with E-state index in [1.165, 1.54) is 11.1 Å². The molecule has 1 aliphatic rings. The fraction of sp³-hybridized carbons (Fsp3) is 0.350. The predicted octanol–water partition coefficient (Wildman–Crippen LogP) is 2.31. The summed E-state index contributed by atoms with van der Waals surface area (Å²) in [6.07, 6.45) is 4.51. The lowest BCUT2D eigenvalue weighted by Gasteiger charge is -2.34. The number of rotatable bonds is 4. The number of aromatic nitrogens is 1. The van der Waals surface area contributed by atoms with Gasteiger partial charge in [-0.05, 0) is 31.0 Å². The monoisotopic (exact) mass is 337 g/mol. The Morgan fingerprint density at radius 1 is 1.04 bits per heavy atom. The Balaban J connectivity index is 1.48. The Labute approximate surface area is 148 Å². The lowest BCUT2D eigenvalue weighted by atomic mass is 10.1. The first-order chi connectivity index (χ1) is 12.1. The van der Waals surface area contributed by atoms with E-state index in [4.69, 9.17) is 0 Å². The smallest absolute Gasteiger partial charge is 0.255 e. The molecule has 5 nitrogen and oxygen atoms in total. The lowest BCUT2D eigenvalue weighted by molar-refractivity contribution is -0.132. The molecule has 25 heavy (non-hydrogen) atoms. The van der Waals surface area contributed by atoms with E-state index in [1.54, 1.807) is 29.4 Å². The van der Waals surface area contributed by atoms with Crippen molar-refractivity contribution in [3.8, 4) is 0 Å².